The van der Waals surface area contributed by atoms with Crippen molar-refractivity contribution >= 4 is 0 Å². The van der Waals surface area contributed by atoms with E-state index in [0.29, 0.717) is 0 Å². The Hall–Kier alpha value is -1.06. The van der Waals surface area contributed by atoms with Crippen LogP contribution in [0.25, 0.3) is 0 Å². The average Bonchev–Trinajstić information content (AvgIpc) is 2.43. The van der Waals surface area contributed by atoms with E-state index < -0.39 is 0 Å². The van der Waals surface area contributed by atoms with Crippen molar-refractivity contribution in [1.29, 1.82) is 0 Å². The van der Waals surface area contributed by atoms with Gasteiger partial charge in [-0.1, -0.05) is 13.0 Å². The lowest BCUT2D eigenvalue weighted by atomic mass is 10.1. The van der Waals surface area contributed by atoms with Crippen molar-refractivity contribution in [3.63, 3.8) is 0 Å². The fraction of sp³-hybridized carbons (Fsp3) is 0.647. The van der Waals surface area contributed by atoms with Crippen LogP contribution in [0.5, 0.6) is 5.75 Å². The summed E-state index contributed by atoms with van der Waals surface area (Å²) in [5, 5.41) is 3.43. The SMILES string of the molecule is CCN(CCOc1cc(C)cc(C)c1)C1CCNCC1. The largest absolute Gasteiger partial charge is 0.492 e. The highest BCUT2D eigenvalue weighted by Gasteiger charge is 2.19. The first-order valence-electron chi connectivity index (χ1n) is 7.85. The fourth-order valence-corrected chi connectivity index (χ4v) is 3.07. The number of ether oxygens (including phenoxy) is 1. The quantitative estimate of drug-likeness (QED) is 0.864. The van der Waals surface area contributed by atoms with Crippen molar-refractivity contribution in [2.24, 2.45) is 0 Å². The molecule has 0 radical (unpaired) electrons. The average molecular weight is 276 g/mol. The summed E-state index contributed by atoms with van der Waals surface area (Å²) >= 11 is 0. The van der Waals surface area contributed by atoms with Crippen LogP contribution in [0.15, 0.2) is 18.2 Å². The number of benzene rings is 1. The van der Waals surface area contributed by atoms with Gasteiger partial charge < -0.3 is 10.1 Å². The first-order chi connectivity index (χ1) is 9.69. The third kappa shape index (κ3) is 4.50. The lowest BCUT2D eigenvalue weighted by molar-refractivity contribution is 0.141. The summed E-state index contributed by atoms with van der Waals surface area (Å²) in [4.78, 5) is 2.56. The third-order valence-electron chi connectivity index (χ3n) is 4.07. The highest BCUT2D eigenvalue weighted by molar-refractivity contribution is 5.32. The van der Waals surface area contributed by atoms with E-state index in [-0.39, 0.29) is 0 Å². The summed E-state index contributed by atoms with van der Waals surface area (Å²) in [6.45, 7) is 11.7. The number of hydrogen-bond donors (Lipinski definition) is 1. The minimum Gasteiger partial charge on any atom is -0.492 e. The van der Waals surface area contributed by atoms with Gasteiger partial charge in [0, 0.05) is 12.6 Å². The van der Waals surface area contributed by atoms with Crippen LogP contribution in [0.3, 0.4) is 0 Å². The summed E-state index contributed by atoms with van der Waals surface area (Å²) in [5.41, 5.74) is 2.54. The van der Waals surface area contributed by atoms with E-state index in [9.17, 15) is 0 Å². The van der Waals surface area contributed by atoms with Gasteiger partial charge in [0.05, 0.1) is 0 Å². The molecule has 112 valence electrons. The second-order valence-corrected chi connectivity index (χ2v) is 5.78. The van der Waals surface area contributed by atoms with Crippen molar-refractivity contribution in [1.82, 2.24) is 10.2 Å². The third-order valence-corrected chi connectivity index (χ3v) is 4.07. The van der Waals surface area contributed by atoms with Crippen molar-refractivity contribution in [2.45, 2.75) is 39.7 Å². The van der Waals surface area contributed by atoms with E-state index in [1.807, 2.05) is 0 Å². The summed E-state index contributed by atoms with van der Waals surface area (Å²) < 4.78 is 5.93. The van der Waals surface area contributed by atoms with Crippen molar-refractivity contribution in [3.05, 3.63) is 29.3 Å². The number of rotatable bonds is 6. The van der Waals surface area contributed by atoms with Crippen LogP contribution >= 0.6 is 0 Å². The second-order valence-electron chi connectivity index (χ2n) is 5.78. The molecular formula is C17H28N2O. The molecule has 0 spiro atoms. The summed E-state index contributed by atoms with van der Waals surface area (Å²) in [5.74, 6) is 1.00. The Labute approximate surface area is 123 Å². The van der Waals surface area contributed by atoms with Crippen molar-refractivity contribution in [2.75, 3.05) is 32.8 Å². The van der Waals surface area contributed by atoms with Gasteiger partial charge in [-0.05, 0) is 69.6 Å². The Balaban J connectivity index is 1.81. The molecule has 0 amide bonds. The van der Waals surface area contributed by atoms with E-state index >= 15 is 0 Å². The Morgan fingerprint density at radius 3 is 2.40 bits per heavy atom. The molecule has 1 N–H and O–H groups in total. The van der Waals surface area contributed by atoms with Crippen LogP contribution in [0.4, 0.5) is 0 Å². The summed E-state index contributed by atoms with van der Waals surface area (Å²) in [7, 11) is 0. The molecule has 1 heterocycles. The Bertz CT molecular complexity index is 393. The zero-order valence-corrected chi connectivity index (χ0v) is 13.1. The molecule has 0 saturated carbocycles. The molecular weight excluding hydrogens is 248 g/mol. The molecule has 0 aliphatic carbocycles. The van der Waals surface area contributed by atoms with Gasteiger partial charge in [-0.15, -0.1) is 0 Å². The minimum atomic E-state index is 0.726. The van der Waals surface area contributed by atoms with Crippen LogP contribution in [-0.4, -0.2) is 43.7 Å². The number of aryl methyl sites for hydroxylation is 2. The fourth-order valence-electron chi connectivity index (χ4n) is 3.07. The number of nitrogens with one attached hydrogen (secondary N) is 1. The maximum absolute atomic E-state index is 5.93. The van der Waals surface area contributed by atoms with Crippen LogP contribution in [0, 0.1) is 13.8 Å². The standard InChI is InChI=1S/C17H28N2O/c1-4-19(16-5-7-18-8-6-16)9-10-20-17-12-14(2)11-15(3)13-17/h11-13,16,18H,4-10H2,1-3H3. The molecule has 0 unspecified atom stereocenters. The molecule has 1 saturated heterocycles. The molecule has 3 heteroatoms. The van der Waals surface area contributed by atoms with Crippen LogP contribution in [0.1, 0.15) is 30.9 Å². The molecule has 3 nitrogen and oxygen atoms in total. The Morgan fingerprint density at radius 2 is 1.80 bits per heavy atom. The monoisotopic (exact) mass is 276 g/mol. The van der Waals surface area contributed by atoms with E-state index in [1.165, 1.54) is 24.0 Å². The number of hydrogen-bond acceptors (Lipinski definition) is 3. The van der Waals surface area contributed by atoms with Gasteiger partial charge in [-0.2, -0.15) is 0 Å². The highest BCUT2D eigenvalue weighted by atomic mass is 16.5. The molecule has 0 bridgehead atoms. The van der Waals surface area contributed by atoms with Gasteiger partial charge in [0.1, 0.15) is 12.4 Å². The van der Waals surface area contributed by atoms with Crippen molar-refractivity contribution < 1.29 is 4.74 Å². The Morgan fingerprint density at radius 1 is 1.15 bits per heavy atom. The Kier molecular flexibility index (Phi) is 5.86. The first kappa shape index (κ1) is 15.3. The van der Waals surface area contributed by atoms with Crippen LogP contribution in [-0.2, 0) is 0 Å². The second kappa shape index (κ2) is 7.65. The molecule has 1 aliphatic heterocycles. The lowest BCUT2D eigenvalue weighted by Gasteiger charge is -2.33. The van der Waals surface area contributed by atoms with E-state index in [1.54, 1.807) is 0 Å². The van der Waals surface area contributed by atoms with E-state index in [2.05, 4.69) is 49.2 Å². The summed E-state index contributed by atoms with van der Waals surface area (Å²) in [6, 6.07) is 7.14. The summed E-state index contributed by atoms with van der Waals surface area (Å²) in [6.07, 6.45) is 2.52. The molecule has 0 atom stereocenters. The molecule has 2 rings (SSSR count). The molecule has 1 fully saturated rings. The van der Waals surface area contributed by atoms with Gasteiger partial charge in [0.15, 0.2) is 0 Å². The smallest absolute Gasteiger partial charge is 0.119 e. The predicted molar refractivity (Wildman–Crippen MR) is 84.5 cm³/mol. The topological polar surface area (TPSA) is 24.5 Å². The van der Waals surface area contributed by atoms with Gasteiger partial charge in [0.25, 0.3) is 0 Å². The zero-order chi connectivity index (χ0) is 14.4. The minimum absolute atomic E-state index is 0.726. The van der Waals surface area contributed by atoms with Gasteiger partial charge >= 0.3 is 0 Å². The predicted octanol–water partition coefficient (Wildman–Crippen LogP) is 2.76. The number of nitrogens with zero attached hydrogens (tertiary/aromatic N) is 1. The van der Waals surface area contributed by atoms with Gasteiger partial charge in [-0.25, -0.2) is 0 Å². The van der Waals surface area contributed by atoms with Gasteiger partial charge in [0.2, 0.25) is 0 Å². The normalized spacial score (nSPS) is 16.6. The highest BCUT2D eigenvalue weighted by Crippen LogP contribution is 2.17. The van der Waals surface area contributed by atoms with Gasteiger partial charge in [-0.3, -0.25) is 4.90 Å². The lowest BCUT2D eigenvalue weighted by Crippen LogP contribution is -2.44. The maximum atomic E-state index is 5.93. The molecule has 20 heavy (non-hydrogen) atoms. The van der Waals surface area contributed by atoms with Crippen molar-refractivity contribution in [3.8, 4) is 5.75 Å². The zero-order valence-electron chi connectivity index (χ0n) is 13.1. The first-order valence-corrected chi connectivity index (χ1v) is 7.85. The number of likely N-dealkylation sites (N-methyl/N-ethyl adjacent to an activating group) is 1. The maximum Gasteiger partial charge on any atom is 0.119 e. The number of piperidine rings is 1. The molecule has 1 aromatic rings. The van der Waals surface area contributed by atoms with E-state index in [4.69, 9.17) is 4.74 Å². The molecule has 1 aromatic carbocycles. The van der Waals surface area contributed by atoms with Crippen LogP contribution < -0.4 is 10.1 Å². The molecule has 1 aliphatic rings. The van der Waals surface area contributed by atoms with Crippen LogP contribution in [0.2, 0.25) is 0 Å². The van der Waals surface area contributed by atoms with E-state index in [0.717, 1.165) is 44.6 Å². The molecule has 0 aromatic heterocycles.